The molecule has 0 radical (unpaired) electrons. The Morgan fingerprint density at radius 1 is 1.33 bits per heavy atom. The van der Waals surface area contributed by atoms with Crippen LogP contribution in [0.3, 0.4) is 0 Å². The minimum atomic E-state index is -3.80. The molecule has 1 aromatic carbocycles. The third-order valence-electron chi connectivity index (χ3n) is 2.49. The molecule has 1 rings (SSSR count). The fourth-order valence-electron chi connectivity index (χ4n) is 1.33. The Hall–Kier alpha value is -0.330. The van der Waals surface area contributed by atoms with Gasteiger partial charge in [-0.05, 0) is 24.1 Å². The van der Waals surface area contributed by atoms with Crippen LogP contribution in [0.2, 0.25) is 10.0 Å². The van der Waals surface area contributed by atoms with E-state index in [4.69, 9.17) is 28.3 Å². The molecule has 18 heavy (non-hydrogen) atoms. The molecule has 102 valence electrons. The van der Waals surface area contributed by atoms with Crippen LogP contribution in [0.25, 0.3) is 0 Å². The molecule has 0 bridgehead atoms. The Labute approximate surface area is 117 Å². The summed E-state index contributed by atoms with van der Waals surface area (Å²) in [5.41, 5.74) is 0. The topological polar surface area (TPSA) is 66.4 Å². The van der Waals surface area contributed by atoms with E-state index < -0.39 is 16.1 Å². The van der Waals surface area contributed by atoms with Crippen molar-refractivity contribution in [2.24, 2.45) is 5.92 Å². The van der Waals surface area contributed by atoms with E-state index in [0.29, 0.717) is 0 Å². The van der Waals surface area contributed by atoms with Gasteiger partial charge in [0.05, 0.1) is 11.6 Å². The number of nitrogens with one attached hydrogen (secondary N) is 1. The maximum atomic E-state index is 12.1. The molecule has 0 fully saturated rings. The highest BCUT2D eigenvalue weighted by atomic mass is 35.5. The first-order valence-electron chi connectivity index (χ1n) is 5.36. The van der Waals surface area contributed by atoms with Crippen molar-refractivity contribution in [3.63, 3.8) is 0 Å². The van der Waals surface area contributed by atoms with Crippen LogP contribution in [0.5, 0.6) is 0 Å². The van der Waals surface area contributed by atoms with Crippen molar-refractivity contribution in [2.45, 2.75) is 24.8 Å². The van der Waals surface area contributed by atoms with E-state index in [1.165, 1.54) is 18.2 Å². The summed E-state index contributed by atoms with van der Waals surface area (Å²) in [4.78, 5) is -0.0873. The van der Waals surface area contributed by atoms with Crippen molar-refractivity contribution in [1.82, 2.24) is 4.72 Å². The number of sulfonamides is 1. The molecule has 0 saturated carbocycles. The van der Waals surface area contributed by atoms with Gasteiger partial charge in [0.15, 0.2) is 0 Å². The van der Waals surface area contributed by atoms with Crippen LogP contribution in [-0.2, 0) is 10.0 Å². The van der Waals surface area contributed by atoms with Crippen LogP contribution in [0.4, 0.5) is 0 Å². The third-order valence-corrected chi connectivity index (χ3v) is 4.70. The van der Waals surface area contributed by atoms with E-state index in [9.17, 15) is 8.42 Å². The standard InChI is InChI=1S/C11H15Cl2NO3S/c1-7(2)10(6-15)14-18(16,17)11-5-8(12)3-4-9(11)13/h3-5,7,10,14-15H,6H2,1-2H3. The van der Waals surface area contributed by atoms with E-state index in [-0.39, 0.29) is 27.5 Å². The maximum Gasteiger partial charge on any atom is 0.242 e. The average molecular weight is 312 g/mol. The summed E-state index contributed by atoms with van der Waals surface area (Å²) < 4.78 is 26.6. The van der Waals surface area contributed by atoms with E-state index in [2.05, 4.69) is 4.72 Å². The number of aliphatic hydroxyl groups excluding tert-OH is 1. The molecule has 0 aliphatic rings. The summed E-state index contributed by atoms with van der Waals surface area (Å²) in [5, 5.41) is 9.52. The normalized spacial score (nSPS) is 13.9. The summed E-state index contributed by atoms with van der Waals surface area (Å²) in [6.07, 6.45) is 0. The molecule has 0 saturated heterocycles. The molecular formula is C11H15Cl2NO3S. The number of halogens is 2. The molecule has 0 aliphatic carbocycles. The average Bonchev–Trinajstić information content (AvgIpc) is 2.28. The van der Waals surface area contributed by atoms with Crippen LogP contribution in [0.15, 0.2) is 23.1 Å². The van der Waals surface area contributed by atoms with Gasteiger partial charge in [0.1, 0.15) is 4.90 Å². The lowest BCUT2D eigenvalue weighted by molar-refractivity contribution is 0.227. The van der Waals surface area contributed by atoms with Gasteiger partial charge in [-0.3, -0.25) is 0 Å². The van der Waals surface area contributed by atoms with E-state index in [1.54, 1.807) is 0 Å². The van der Waals surface area contributed by atoms with Crippen LogP contribution in [0, 0.1) is 5.92 Å². The molecular weight excluding hydrogens is 297 g/mol. The first kappa shape index (κ1) is 15.7. The van der Waals surface area contributed by atoms with Gasteiger partial charge in [-0.15, -0.1) is 0 Å². The van der Waals surface area contributed by atoms with Crippen molar-refractivity contribution in [3.05, 3.63) is 28.2 Å². The van der Waals surface area contributed by atoms with Gasteiger partial charge in [-0.2, -0.15) is 0 Å². The van der Waals surface area contributed by atoms with E-state index in [1.807, 2.05) is 13.8 Å². The molecule has 1 aromatic rings. The van der Waals surface area contributed by atoms with Gasteiger partial charge < -0.3 is 5.11 Å². The number of hydrogen-bond acceptors (Lipinski definition) is 3. The second-order valence-corrected chi connectivity index (χ2v) is 6.76. The summed E-state index contributed by atoms with van der Waals surface area (Å²) in [7, 11) is -3.80. The monoisotopic (exact) mass is 311 g/mol. The Balaban J connectivity index is 3.10. The highest BCUT2D eigenvalue weighted by Gasteiger charge is 2.24. The Kier molecular flexibility index (Phi) is 5.43. The van der Waals surface area contributed by atoms with Crippen molar-refractivity contribution < 1.29 is 13.5 Å². The molecule has 7 heteroatoms. The first-order valence-corrected chi connectivity index (χ1v) is 7.60. The van der Waals surface area contributed by atoms with Crippen molar-refractivity contribution in [2.75, 3.05) is 6.61 Å². The van der Waals surface area contributed by atoms with Crippen LogP contribution < -0.4 is 4.72 Å². The quantitative estimate of drug-likeness (QED) is 0.876. The number of rotatable bonds is 5. The fourth-order valence-corrected chi connectivity index (χ4v) is 3.47. The molecule has 0 aliphatic heterocycles. The van der Waals surface area contributed by atoms with Crippen LogP contribution in [-0.4, -0.2) is 26.2 Å². The Morgan fingerprint density at radius 2 is 1.94 bits per heavy atom. The first-order chi connectivity index (χ1) is 8.27. The Bertz CT molecular complexity index is 517. The molecule has 0 heterocycles. The lowest BCUT2D eigenvalue weighted by Crippen LogP contribution is -2.41. The largest absolute Gasteiger partial charge is 0.395 e. The smallest absolute Gasteiger partial charge is 0.242 e. The van der Waals surface area contributed by atoms with E-state index >= 15 is 0 Å². The second kappa shape index (κ2) is 6.21. The van der Waals surface area contributed by atoms with Gasteiger partial charge >= 0.3 is 0 Å². The molecule has 4 nitrogen and oxygen atoms in total. The summed E-state index contributed by atoms with van der Waals surface area (Å²) >= 11 is 11.6. The molecule has 1 unspecified atom stereocenters. The third kappa shape index (κ3) is 3.83. The highest BCUT2D eigenvalue weighted by Crippen LogP contribution is 2.25. The predicted octanol–water partition coefficient (Wildman–Crippen LogP) is 2.29. The molecule has 1 atom stereocenters. The Morgan fingerprint density at radius 3 is 2.44 bits per heavy atom. The molecule has 2 N–H and O–H groups in total. The number of aliphatic hydroxyl groups is 1. The lowest BCUT2D eigenvalue weighted by atomic mass is 10.1. The van der Waals surface area contributed by atoms with Gasteiger partial charge in [0, 0.05) is 11.1 Å². The zero-order valence-corrected chi connectivity index (χ0v) is 12.4. The summed E-state index contributed by atoms with van der Waals surface area (Å²) in [6, 6.07) is 3.64. The van der Waals surface area contributed by atoms with Crippen molar-refractivity contribution in [3.8, 4) is 0 Å². The highest BCUT2D eigenvalue weighted by molar-refractivity contribution is 7.89. The maximum absolute atomic E-state index is 12.1. The number of hydrogen-bond donors (Lipinski definition) is 2. The predicted molar refractivity (Wildman–Crippen MR) is 72.5 cm³/mol. The summed E-state index contributed by atoms with van der Waals surface area (Å²) in [5.74, 6) is -0.0391. The van der Waals surface area contributed by atoms with Gasteiger partial charge in [-0.25, -0.2) is 13.1 Å². The van der Waals surface area contributed by atoms with Crippen LogP contribution in [0.1, 0.15) is 13.8 Å². The zero-order valence-electron chi connectivity index (χ0n) is 10.0. The van der Waals surface area contributed by atoms with E-state index in [0.717, 1.165) is 0 Å². The van der Waals surface area contributed by atoms with Crippen molar-refractivity contribution in [1.29, 1.82) is 0 Å². The van der Waals surface area contributed by atoms with Gasteiger partial charge in [-0.1, -0.05) is 37.0 Å². The molecule has 0 amide bonds. The summed E-state index contributed by atoms with van der Waals surface area (Å²) in [6.45, 7) is 3.33. The minimum absolute atomic E-state index is 0.0391. The van der Waals surface area contributed by atoms with Crippen LogP contribution >= 0.6 is 23.2 Å². The second-order valence-electron chi connectivity index (χ2n) is 4.23. The zero-order chi connectivity index (χ0) is 13.9. The minimum Gasteiger partial charge on any atom is -0.395 e. The lowest BCUT2D eigenvalue weighted by Gasteiger charge is -2.20. The fraction of sp³-hybridized carbons (Fsp3) is 0.455. The van der Waals surface area contributed by atoms with Gasteiger partial charge in [0.2, 0.25) is 10.0 Å². The van der Waals surface area contributed by atoms with Crippen molar-refractivity contribution >= 4 is 33.2 Å². The molecule has 0 aromatic heterocycles. The van der Waals surface area contributed by atoms with Gasteiger partial charge in [0.25, 0.3) is 0 Å². The SMILES string of the molecule is CC(C)C(CO)NS(=O)(=O)c1cc(Cl)ccc1Cl. The number of benzene rings is 1. The molecule has 0 spiro atoms.